The average Bonchev–Trinajstić information content (AvgIpc) is 2.76. The lowest BCUT2D eigenvalue weighted by Crippen LogP contribution is -2.45. The minimum Gasteiger partial charge on any atom is -0.396 e. The predicted octanol–water partition coefficient (Wildman–Crippen LogP) is 1.06. The summed E-state index contributed by atoms with van der Waals surface area (Å²) in [5.41, 5.74) is -0.136. The van der Waals surface area contributed by atoms with Gasteiger partial charge in [0.25, 0.3) is 0 Å². The number of rotatable bonds is 8. The van der Waals surface area contributed by atoms with Crippen LogP contribution in [0.3, 0.4) is 0 Å². The number of nitrogens with one attached hydrogen (secondary N) is 1. The van der Waals surface area contributed by atoms with Gasteiger partial charge in [0.1, 0.15) is 0 Å². The van der Waals surface area contributed by atoms with Crippen LogP contribution < -0.4 is 5.32 Å². The zero-order chi connectivity index (χ0) is 12.7. The standard InChI is InChI=1S/C13H27NO3/c1-13(2,7-8-15)14-9-11(16)10-17-12-5-3-4-6-12/h11-12,14-16H,3-10H2,1-2H3. The summed E-state index contributed by atoms with van der Waals surface area (Å²) in [6, 6.07) is 0. The highest BCUT2D eigenvalue weighted by Gasteiger charge is 2.20. The van der Waals surface area contributed by atoms with Crippen LogP contribution in [-0.4, -0.2) is 47.7 Å². The number of aliphatic hydroxyl groups excluding tert-OH is 2. The van der Waals surface area contributed by atoms with Gasteiger partial charge in [-0.15, -0.1) is 0 Å². The first-order valence-electron chi connectivity index (χ1n) is 6.69. The van der Waals surface area contributed by atoms with Crippen molar-refractivity contribution in [3.05, 3.63) is 0 Å². The van der Waals surface area contributed by atoms with Crippen LogP contribution in [-0.2, 0) is 4.74 Å². The van der Waals surface area contributed by atoms with E-state index in [1.54, 1.807) is 0 Å². The Bertz CT molecular complexity index is 203. The molecule has 0 aromatic rings. The fraction of sp³-hybridized carbons (Fsp3) is 1.00. The van der Waals surface area contributed by atoms with E-state index in [0.29, 0.717) is 25.7 Å². The first kappa shape index (κ1) is 14.9. The molecule has 1 fully saturated rings. The third kappa shape index (κ3) is 6.36. The summed E-state index contributed by atoms with van der Waals surface area (Å²) in [5, 5.41) is 21.9. The number of ether oxygens (including phenoxy) is 1. The number of β-amino-alcohol motifs (C(OH)–C–C–N with tert-alkyl or cyclic N) is 1. The molecule has 17 heavy (non-hydrogen) atoms. The summed E-state index contributed by atoms with van der Waals surface area (Å²) in [6.07, 6.45) is 5.35. The molecule has 1 aliphatic carbocycles. The van der Waals surface area contributed by atoms with Crippen molar-refractivity contribution in [2.45, 2.75) is 63.7 Å². The summed E-state index contributed by atoms with van der Waals surface area (Å²) in [4.78, 5) is 0. The molecule has 0 heterocycles. The molecular formula is C13H27NO3. The van der Waals surface area contributed by atoms with Crippen molar-refractivity contribution in [1.29, 1.82) is 0 Å². The third-order valence-corrected chi connectivity index (χ3v) is 3.38. The monoisotopic (exact) mass is 245 g/mol. The molecule has 102 valence electrons. The molecular weight excluding hydrogens is 218 g/mol. The molecule has 0 bridgehead atoms. The lowest BCUT2D eigenvalue weighted by molar-refractivity contribution is -0.00782. The van der Waals surface area contributed by atoms with Crippen LogP contribution in [0.4, 0.5) is 0 Å². The Morgan fingerprint density at radius 3 is 2.59 bits per heavy atom. The highest BCUT2D eigenvalue weighted by molar-refractivity contribution is 4.78. The van der Waals surface area contributed by atoms with Crippen LogP contribution in [0.5, 0.6) is 0 Å². The molecule has 1 saturated carbocycles. The molecule has 0 amide bonds. The maximum atomic E-state index is 9.79. The maximum Gasteiger partial charge on any atom is 0.0898 e. The predicted molar refractivity (Wildman–Crippen MR) is 68.0 cm³/mol. The van der Waals surface area contributed by atoms with Gasteiger partial charge in [-0.1, -0.05) is 12.8 Å². The van der Waals surface area contributed by atoms with Gasteiger partial charge in [0.15, 0.2) is 0 Å². The van der Waals surface area contributed by atoms with Gasteiger partial charge in [-0.25, -0.2) is 0 Å². The molecule has 0 saturated heterocycles. The van der Waals surface area contributed by atoms with E-state index >= 15 is 0 Å². The van der Waals surface area contributed by atoms with Crippen molar-refractivity contribution in [3.8, 4) is 0 Å². The van der Waals surface area contributed by atoms with Gasteiger partial charge >= 0.3 is 0 Å². The topological polar surface area (TPSA) is 61.7 Å². The van der Waals surface area contributed by atoms with Gasteiger partial charge in [0, 0.05) is 18.7 Å². The Morgan fingerprint density at radius 1 is 1.35 bits per heavy atom. The molecule has 0 radical (unpaired) electrons. The van der Waals surface area contributed by atoms with Crippen molar-refractivity contribution in [2.75, 3.05) is 19.8 Å². The Morgan fingerprint density at radius 2 is 2.00 bits per heavy atom. The molecule has 0 spiro atoms. The van der Waals surface area contributed by atoms with Crippen molar-refractivity contribution in [3.63, 3.8) is 0 Å². The van der Waals surface area contributed by atoms with E-state index in [9.17, 15) is 5.11 Å². The van der Waals surface area contributed by atoms with E-state index in [-0.39, 0.29) is 12.1 Å². The van der Waals surface area contributed by atoms with Crippen LogP contribution >= 0.6 is 0 Å². The molecule has 1 rings (SSSR count). The van der Waals surface area contributed by atoms with Gasteiger partial charge < -0.3 is 20.3 Å². The van der Waals surface area contributed by atoms with Crippen molar-refractivity contribution in [2.24, 2.45) is 0 Å². The SMILES string of the molecule is CC(C)(CCO)NCC(O)COC1CCCC1. The average molecular weight is 245 g/mol. The lowest BCUT2D eigenvalue weighted by atomic mass is 10.0. The molecule has 1 aliphatic rings. The van der Waals surface area contributed by atoms with Crippen LogP contribution in [0.15, 0.2) is 0 Å². The van der Waals surface area contributed by atoms with Crippen molar-refractivity contribution in [1.82, 2.24) is 5.32 Å². The largest absolute Gasteiger partial charge is 0.396 e. The first-order chi connectivity index (χ1) is 8.03. The van der Waals surface area contributed by atoms with E-state index in [1.165, 1.54) is 12.8 Å². The molecule has 4 nitrogen and oxygen atoms in total. The van der Waals surface area contributed by atoms with Crippen molar-refractivity contribution >= 4 is 0 Å². The molecule has 0 aromatic carbocycles. The smallest absolute Gasteiger partial charge is 0.0898 e. The Hall–Kier alpha value is -0.160. The second-order valence-electron chi connectivity index (χ2n) is 5.63. The van der Waals surface area contributed by atoms with Gasteiger partial charge in [0.2, 0.25) is 0 Å². The molecule has 0 aliphatic heterocycles. The molecule has 3 N–H and O–H groups in total. The van der Waals surface area contributed by atoms with Gasteiger partial charge in [-0.3, -0.25) is 0 Å². The van der Waals surface area contributed by atoms with E-state index < -0.39 is 6.10 Å². The Balaban J connectivity index is 2.09. The van der Waals surface area contributed by atoms with Crippen LogP contribution in [0.2, 0.25) is 0 Å². The highest BCUT2D eigenvalue weighted by Crippen LogP contribution is 2.20. The molecule has 1 atom stereocenters. The zero-order valence-electron chi connectivity index (χ0n) is 11.1. The van der Waals surface area contributed by atoms with Gasteiger partial charge in [0.05, 0.1) is 18.8 Å². The summed E-state index contributed by atoms with van der Waals surface area (Å²) >= 11 is 0. The Labute approximate surface area is 104 Å². The first-order valence-corrected chi connectivity index (χ1v) is 6.69. The number of hydrogen-bond acceptors (Lipinski definition) is 4. The molecule has 1 unspecified atom stereocenters. The number of aliphatic hydroxyl groups is 2. The minimum atomic E-state index is -0.464. The molecule has 0 aromatic heterocycles. The van der Waals surface area contributed by atoms with Crippen molar-refractivity contribution < 1.29 is 14.9 Å². The summed E-state index contributed by atoms with van der Waals surface area (Å²) in [7, 11) is 0. The van der Waals surface area contributed by atoms with Gasteiger partial charge in [-0.05, 0) is 33.1 Å². The molecule has 4 heteroatoms. The minimum absolute atomic E-state index is 0.136. The lowest BCUT2D eigenvalue weighted by Gasteiger charge is -2.27. The second-order valence-corrected chi connectivity index (χ2v) is 5.63. The second kappa shape index (κ2) is 7.31. The fourth-order valence-electron chi connectivity index (χ4n) is 2.12. The summed E-state index contributed by atoms with van der Waals surface area (Å²) < 4.78 is 5.65. The van der Waals surface area contributed by atoms with E-state index in [1.807, 2.05) is 13.8 Å². The normalized spacial score (nSPS) is 19.8. The summed E-state index contributed by atoms with van der Waals surface area (Å²) in [5.74, 6) is 0. The Kier molecular flexibility index (Phi) is 6.41. The fourth-order valence-corrected chi connectivity index (χ4v) is 2.12. The summed E-state index contributed by atoms with van der Waals surface area (Å²) in [6.45, 7) is 5.13. The van der Waals surface area contributed by atoms with E-state index in [0.717, 1.165) is 12.8 Å². The third-order valence-electron chi connectivity index (χ3n) is 3.38. The van der Waals surface area contributed by atoms with Gasteiger partial charge in [-0.2, -0.15) is 0 Å². The van der Waals surface area contributed by atoms with Crippen LogP contribution in [0, 0.1) is 0 Å². The quantitative estimate of drug-likeness (QED) is 0.598. The van der Waals surface area contributed by atoms with Crippen LogP contribution in [0.25, 0.3) is 0 Å². The van der Waals surface area contributed by atoms with E-state index in [4.69, 9.17) is 9.84 Å². The van der Waals surface area contributed by atoms with E-state index in [2.05, 4.69) is 5.32 Å². The highest BCUT2D eigenvalue weighted by atomic mass is 16.5. The van der Waals surface area contributed by atoms with Crippen LogP contribution in [0.1, 0.15) is 46.0 Å². The number of hydrogen-bond donors (Lipinski definition) is 3. The zero-order valence-corrected chi connectivity index (χ0v) is 11.1. The maximum absolute atomic E-state index is 9.79.